The molecule has 7 aromatic rings. The summed E-state index contributed by atoms with van der Waals surface area (Å²) in [6, 6.07) is 43.1. The average Bonchev–Trinajstić information content (AvgIpc) is 3.01. The molecule has 0 aliphatic heterocycles. The fraction of sp³-hybridized carbons (Fsp3) is 0.0526. The van der Waals surface area contributed by atoms with Crippen LogP contribution in [0.2, 0.25) is 0 Å². The van der Waals surface area contributed by atoms with Gasteiger partial charge in [-0.2, -0.15) is 9.13 Å². The number of nitrogens with zero attached hydrogens (tertiary/aromatic N) is 2. The molecule has 2 aromatic heterocycles. The maximum absolute atomic E-state index is 4.61. The average molecular weight is 768 g/mol. The molecule has 0 aliphatic carbocycles. The molecule has 2 heterocycles. The summed E-state index contributed by atoms with van der Waals surface area (Å²) in [5.74, 6) is 0. The van der Waals surface area contributed by atoms with Gasteiger partial charge in [0.25, 0.3) is 0 Å². The van der Waals surface area contributed by atoms with Crippen LogP contribution in [0.5, 0.6) is 0 Å². The van der Waals surface area contributed by atoms with Crippen LogP contribution in [0.15, 0.2) is 134 Å². The number of para-hydroxylation sites is 4. The smallest absolute Gasteiger partial charge is 0.213 e. The molecule has 7 rings (SSSR count). The molecule has 0 unspecified atom stereocenters. The number of hydrogen-bond donors (Lipinski definition) is 0. The fourth-order valence-electron chi connectivity index (χ4n) is 6.27. The van der Waals surface area contributed by atoms with E-state index in [1.165, 1.54) is 54.7 Å². The zero-order valence-electron chi connectivity index (χ0n) is 23.6. The fourth-order valence-corrected chi connectivity index (χ4v) is 6.27. The van der Waals surface area contributed by atoms with Crippen LogP contribution in [-0.2, 0) is 14.1 Å². The van der Waals surface area contributed by atoms with Gasteiger partial charge in [-0.05, 0) is 46.5 Å². The zero-order chi connectivity index (χ0) is 27.4. The van der Waals surface area contributed by atoms with E-state index in [-0.39, 0.29) is 48.0 Å². The molecule has 0 radical (unpaired) electrons. The molecule has 0 N–H and O–H groups in total. The minimum Gasteiger partial charge on any atom is -1.00 e. The normalized spacial score (nSPS) is 10.9. The first-order valence-electron chi connectivity index (χ1n) is 13.6. The quantitative estimate of drug-likeness (QED) is 0.148. The molecule has 2 nitrogen and oxygen atoms in total. The first-order chi connectivity index (χ1) is 19.5. The second kappa shape index (κ2) is 11.9. The Morgan fingerprint density at radius 3 is 0.905 bits per heavy atom. The van der Waals surface area contributed by atoms with Gasteiger partial charge in [-0.25, -0.2) is 0 Å². The van der Waals surface area contributed by atoms with E-state index in [2.05, 4.69) is 158 Å². The highest BCUT2D eigenvalue weighted by Gasteiger charge is 2.21. The SMILES string of the molecule is C=C(c1ccc(C(=C)c2c3ccccc3[n+](C)c3ccccc23)cc1)c1c2ccccc2[n+](C)c2ccccc12.[I-].[I-]. The number of halogens is 2. The van der Waals surface area contributed by atoms with Crippen LogP contribution in [0.1, 0.15) is 22.3 Å². The molecular weight excluding hydrogens is 738 g/mol. The van der Waals surface area contributed by atoms with Crippen molar-refractivity contribution in [2.75, 3.05) is 0 Å². The Balaban J connectivity index is 0.00000176. The number of pyridine rings is 2. The van der Waals surface area contributed by atoms with Gasteiger partial charge in [0.15, 0.2) is 0 Å². The lowest BCUT2D eigenvalue weighted by Crippen LogP contribution is -3.00. The van der Waals surface area contributed by atoms with Crippen molar-refractivity contribution in [1.82, 2.24) is 0 Å². The van der Waals surface area contributed by atoms with Gasteiger partial charge in [0.05, 0.1) is 21.5 Å². The van der Waals surface area contributed by atoms with E-state index in [0.717, 1.165) is 22.3 Å². The Morgan fingerprint density at radius 1 is 0.405 bits per heavy atom. The Kier molecular flexibility index (Phi) is 8.49. The minimum atomic E-state index is 0. The Morgan fingerprint density at radius 2 is 0.643 bits per heavy atom. The zero-order valence-corrected chi connectivity index (χ0v) is 27.9. The Hall–Kier alpha value is -3.62. The van der Waals surface area contributed by atoms with Crippen molar-refractivity contribution < 1.29 is 57.1 Å². The van der Waals surface area contributed by atoms with Gasteiger partial charge >= 0.3 is 0 Å². The molecule has 0 saturated heterocycles. The highest BCUT2D eigenvalue weighted by Crippen LogP contribution is 2.36. The van der Waals surface area contributed by atoms with Gasteiger partial charge in [-0.15, -0.1) is 0 Å². The lowest BCUT2D eigenvalue weighted by atomic mass is 9.89. The topological polar surface area (TPSA) is 7.76 Å². The van der Waals surface area contributed by atoms with Crippen molar-refractivity contribution in [1.29, 1.82) is 0 Å². The number of fused-ring (bicyclic) bond motifs is 4. The lowest BCUT2D eigenvalue weighted by Gasteiger charge is -2.15. The summed E-state index contributed by atoms with van der Waals surface area (Å²) in [6.07, 6.45) is 0. The molecule has 0 atom stereocenters. The van der Waals surface area contributed by atoms with Crippen molar-refractivity contribution in [3.05, 3.63) is 157 Å². The monoisotopic (exact) mass is 768 g/mol. The standard InChI is InChI=1S/C38H30N2.2HI/c1-25(37-29-13-5-9-17-33(29)39(3)34-18-10-6-14-30(34)37)27-21-23-28(24-22-27)26(2)38-31-15-7-11-19-35(31)40(4)36-20-12-8-16-32(36)38;;/h5-24H,1-2H2,3-4H3;2*1H/q+2;;/p-2. The third-order valence-corrected chi connectivity index (χ3v) is 8.32. The molecule has 0 amide bonds. The molecule has 0 aliphatic rings. The van der Waals surface area contributed by atoms with Crippen LogP contribution in [0.3, 0.4) is 0 Å². The molecule has 0 spiro atoms. The van der Waals surface area contributed by atoms with Crippen molar-refractivity contribution in [2.24, 2.45) is 14.1 Å². The Bertz CT molecular complexity index is 1890. The third-order valence-electron chi connectivity index (χ3n) is 8.32. The highest BCUT2D eigenvalue weighted by molar-refractivity contribution is 6.07. The predicted molar refractivity (Wildman–Crippen MR) is 168 cm³/mol. The molecule has 0 saturated carbocycles. The molecule has 0 fully saturated rings. The van der Waals surface area contributed by atoms with Crippen molar-refractivity contribution in [3.63, 3.8) is 0 Å². The highest BCUT2D eigenvalue weighted by atomic mass is 127. The van der Waals surface area contributed by atoms with E-state index in [9.17, 15) is 0 Å². The number of hydrogen-bond acceptors (Lipinski definition) is 0. The summed E-state index contributed by atoms with van der Waals surface area (Å²) in [5.41, 5.74) is 11.4. The van der Waals surface area contributed by atoms with E-state index < -0.39 is 0 Å². The maximum Gasteiger partial charge on any atom is 0.213 e. The second-order valence-electron chi connectivity index (χ2n) is 10.5. The largest absolute Gasteiger partial charge is 1.00 e. The number of aryl methyl sites for hydroxylation is 2. The van der Waals surface area contributed by atoms with E-state index in [4.69, 9.17) is 0 Å². The van der Waals surface area contributed by atoms with Gasteiger partial charge in [0.1, 0.15) is 14.1 Å². The van der Waals surface area contributed by atoms with Gasteiger partial charge in [0.2, 0.25) is 22.1 Å². The van der Waals surface area contributed by atoms with Crippen LogP contribution in [0.4, 0.5) is 0 Å². The van der Waals surface area contributed by atoms with E-state index in [0.29, 0.717) is 0 Å². The number of benzene rings is 5. The second-order valence-corrected chi connectivity index (χ2v) is 10.5. The van der Waals surface area contributed by atoms with Gasteiger partial charge in [0, 0.05) is 35.4 Å². The van der Waals surface area contributed by atoms with E-state index in [1.54, 1.807) is 0 Å². The number of aromatic nitrogens is 2. The van der Waals surface area contributed by atoms with Crippen LogP contribution in [-0.4, -0.2) is 0 Å². The third kappa shape index (κ3) is 4.71. The van der Waals surface area contributed by atoms with Crippen LogP contribution in [0, 0.1) is 0 Å². The molecule has 0 bridgehead atoms. The molecule has 42 heavy (non-hydrogen) atoms. The van der Waals surface area contributed by atoms with Crippen LogP contribution < -0.4 is 57.1 Å². The summed E-state index contributed by atoms with van der Waals surface area (Å²) in [4.78, 5) is 0. The predicted octanol–water partition coefficient (Wildman–Crippen LogP) is 2.08. The molecule has 5 aromatic carbocycles. The van der Waals surface area contributed by atoms with Gasteiger partial charge in [-0.3, -0.25) is 0 Å². The van der Waals surface area contributed by atoms with E-state index >= 15 is 0 Å². The van der Waals surface area contributed by atoms with Crippen molar-refractivity contribution >= 4 is 54.8 Å². The maximum atomic E-state index is 4.61. The summed E-state index contributed by atoms with van der Waals surface area (Å²) >= 11 is 0. The molecular formula is C38H30I2N2. The summed E-state index contributed by atoms with van der Waals surface area (Å²) in [5, 5.41) is 4.82. The first kappa shape index (κ1) is 29.9. The van der Waals surface area contributed by atoms with Gasteiger partial charge < -0.3 is 48.0 Å². The van der Waals surface area contributed by atoms with Crippen LogP contribution >= 0.6 is 0 Å². The summed E-state index contributed by atoms with van der Waals surface area (Å²) in [6.45, 7) is 9.23. The minimum absolute atomic E-state index is 0. The molecule has 206 valence electrons. The molecule has 4 heteroatoms. The summed E-state index contributed by atoms with van der Waals surface area (Å²) < 4.78 is 4.53. The van der Waals surface area contributed by atoms with Crippen molar-refractivity contribution in [3.8, 4) is 0 Å². The van der Waals surface area contributed by atoms with Gasteiger partial charge in [-0.1, -0.05) is 86.0 Å². The number of rotatable bonds is 4. The Labute approximate surface area is 280 Å². The van der Waals surface area contributed by atoms with E-state index in [1.807, 2.05) is 0 Å². The first-order valence-corrected chi connectivity index (χ1v) is 13.6. The lowest BCUT2D eigenvalue weighted by molar-refractivity contribution is -0.617. The van der Waals surface area contributed by atoms with Crippen molar-refractivity contribution in [2.45, 2.75) is 0 Å². The summed E-state index contributed by atoms with van der Waals surface area (Å²) in [7, 11) is 4.27. The van der Waals surface area contributed by atoms with Crippen LogP contribution in [0.25, 0.3) is 54.8 Å².